The van der Waals surface area contributed by atoms with Crippen molar-refractivity contribution in [3.63, 3.8) is 0 Å². The Morgan fingerprint density at radius 1 is 1.60 bits per heavy atom. The lowest BCUT2D eigenvalue weighted by molar-refractivity contribution is -0.00637. The van der Waals surface area contributed by atoms with E-state index in [1.807, 2.05) is 27.7 Å². The summed E-state index contributed by atoms with van der Waals surface area (Å²) < 4.78 is 5.02. The van der Waals surface area contributed by atoms with Crippen molar-refractivity contribution < 1.29 is 9.53 Å². The normalized spacial score (nSPS) is 14.7. The van der Waals surface area contributed by atoms with Crippen LogP contribution in [-0.2, 0) is 4.74 Å². The zero-order chi connectivity index (χ0) is 11.4. The van der Waals surface area contributed by atoms with Gasteiger partial charge in [-0.25, -0.2) is 4.79 Å². The molecule has 0 saturated carbocycles. The summed E-state index contributed by atoms with van der Waals surface area (Å²) >= 11 is 0. The van der Waals surface area contributed by atoms with E-state index in [0.717, 1.165) is 6.42 Å². The maximum absolute atomic E-state index is 10.7. The van der Waals surface area contributed by atoms with Crippen molar-refractivity contribution in [3.05, 3.63) is 0 Å². The zero-order valence-corrected chi connectivity index (χ0v) is 10.6. The van der Waals surface area contributed by atoms with Crippen LogP contribution in [0.3, 0.4) is 0 Å². The lowest BCUT2D eigenvalue weighted by Gasteiger charge is -2.34. The molecule has 15 heavy (non-hydrogen) atoms. The van der Waals surface area contributed by atoms with E-state index < -0.39 is 11.7 Å². The molecular weight excluding hydrogens is 216 g/mol. The molecule has 0 aliphatic heterocycles. The van der Waals surface area contributed by atoms with Crippen LogP contribution in [0.15, 0.2) is 0 Å². The summed E-state index contributed by atoms with van der Waals surface area (Å²) in [5, 5.41) is 7.26. The molecule has 0 saturated heterocycles. The molecule has 0 aliphatic rings. The molecule has 0 heterocycles. The largest absolute Gasteiger partial charge is 0.443 e. The highest BCUT2D eigenvalue weighted by Gasteiger charge is 2.33. The summed E-state index contributed by atoms with van der Waals surface area (Å²) in [5.41, 5.74) is 4.36. The van der Waals surface area contributed by atoms with E-state index in [4.69, 9.17) is 15.9 Å². The van der Waals surface area contributed by atoms with Crippen LogP contribution in [0.4, 0.5) is 4.79 Å². The van der Waals surface area contributed by atoms with Gasteiger partial charge in [-0.2, -0.15) is 0 Å². The highest BCUT2D eigenvalue weighted by Crippen LogP contribution is 2.28. The van der Waals surface area contributed by atoms with Gasteiger partial charge in [-0.3, -0.25) is 0 Å². The van der Waals surface area contributed by atoms with Crippen molar-refractivity contribution in [1.82, 2.24) is 0 Å². The molecule has 1 unspecified atom stereocenters. The Morgan fingerprint density at radius 3 is 2.33 bits per heavy atom. The number of amides is 1. The van der Waals surface area contributed by atoms with Crippen LogP contribution in [0.1, 0.15) is 34.1 Å². The summed E-state index contributed by atoms with van der Waals surface area (Å²) in [6.07, 6.45) is 1.49. The molecule has 1 amide bonds. The lowest BCUT2D eigenvalue weighted by atomic mass is 9.81. The van der Waals surface area contributed by atoms with E-state index in [2.05, 4.69) is 0 Å². The van der Waals surface area contributed by atoms with E-state index >= 15 is 0 Å². The summed E-state index contributed by atoms with van der Waals surface area (Å²) in [6, 6.07) is 0. The third-order valence-corrected chi connectivity index (χ3v) is 2.79. The first-order valence-corrected chi connectivity index (χ1v) is 4.84. The Labute approximate surface area is 97.5 Å². The lowest BCUT2D eigenvalue weighted by Crippen LogP contribution is -2.40. The maximum atomic E-state index is 10.7. The van der Waals surface area contributed by atoms with Crippen molar-refractivity contribution in [1.29, 1.82) is 5.41 Å². The van der Waals surface area contributed by atoms with E-state index in [0.29, 0.717) is 0 Å². The van der Waals surface area contributed by atoms with Gasteiger partial charge < -0.3 is 15.9 Å². The monoisotopic (exact) mass is 236 g/mol. The molecule has 0 fully saturated rings. The number of hydrogen-bond donors (Lipinski definition) is 2. The summed E-state index contributed by atoms with van der Waals surface area (Å²) in [7, 11) is 0. The number of carbonyl (C=O) groups excluding carboxylic acids is 1. The van der Waals surface area contributed by atoms with Crippen LogP contribution >= 0.6 is 12.4 Å². The summed E-state index contributed by atoms with van der Waals surface area (Å²) in [6.45, 7) is 7.60. The molecule has 4 nitrogen and oxygen atoms in total. The first kappa shape index (κ1) is 16.7. The molecule has 0 aromatic carbocycles. The number of ether oxygens (including phenoxy) is 1. The molecule has 0 aliphatic carbocycles. The molecule has 90 valence electrons. The van der Waals surface area contributed by atoms with E-state index in [-0.39, 0.29) is 24.2 Å². The smallest absolute Gasteiger partial charge is 0.405 e. The Kier molecular flexibility index (Phi) is 7.40. The quantitative estimate of drug-likeness (QED) is 0.720. The van der Waals surface area contributed by atoms with Crippen LogP contribution in [0, 0.1) is 17.2 Å². The maximum Gasteiger partial charge on any atom is 0.405 e. The second kappa shape index (κ2) is 6.67. The molecule has 0 bridgehead atoms. The average molecular weight is 237 g/mol. The highest BCUT2D eigenvalue weighted by molar-refractivity contribution is 5.85. The van der Waals surface area contributed by atoms with E-state index in [1.54, 1.807) is 0 Å². The molecule has 0 spiro atoms. The van der Waals surface area contributed by atoms with Crippen LogP contribution in [0.2, 0.25) is 0 Å². The fraction of sp³-hybridized carbons (Fsp3) is 0.800. The van der Waals surface area contributed by atoms with Gasteiger partial charge in [0.15, 0.2) is 0 Å². The van der Waals surface area contributed by atoms with Gasteiger partial charge in [-0.1, -0.05) is 13.8 Å². The van der Waals surface area contributed by atoms with Gasteiger partial charge in [0.05, 0.1) is 0 Å². The van der Waals surface area contributed by atoms with Crippen LogP contribution in [-0.4, -0.2) is 17.9 Å². The molecule has 0 rings (SSSR count). The first-order valence-electron chi connectivity index (χ1n) is 4.84. The highest BCUT2D eigenvalue weighted by atomic mass is 35.5. The molecule has 0 aromatic rings. The van der Waals surface area contributed by atoms with Gasteiger partial charge in [0.1, 0.15) is 5.60 Å². The van der Waals surface area contributed by atoms with Gasteiger partial charge in [0, 0.05) is 5.92 Å². The van der Waals surface area contributed by atoms with Gasteiger partial charge in [0.2, 0.25) is 0 Å². The summed E-state index contributed by atoms with van der Waals surface area (Å²) in [5.74, 6) is 0.196. The molecule has 3 N–H and O–H groups in total. The number of nitrogens with two attached hydrogens (primary N) is 1. The second-order valence-electron chi connectivity index (χ2n) is 4.05. The number of nitrogens with one attached hydrogen (secondary N) is 1. The number of hydrogen-bond acceptors (Lipinski definition) is 3. The minimum atomic E-state index is -0.762. The van der Waals surface area contributed by atoms with Crippen molar-refractivity contribution in [2.45, 2.75) is 39.7 Å². The van der Waals surface area contributed by atoms with Crippen molar-refractivity contribution in [3.8, 4) is 0 Å². The molecule has 5 heteroatoms. The van der Waals surface area contributed by atoms with Gasteiger partial charge in [0.25, 0.3) is 0 Å². The number of rotatable bonds is 5. The third kappa shape index (κ3) is 5.02. The minimum absolute atomic E-state index is 0. The van der Waals surface area contributed by atoms with Gasteiger partial charge in [-0.05, 0) is 32.4 Å². The van der Waals surface area contributed by atoms with Gasteiger partial charge >= 0.3 is 6.09 Å². The zero-order valence-electron chi connectivity index (χ0n) is 9.74. The average Bonchev–Trinajstić information content (AvgIpc) is 2.04. The molecule has 2 atom stereocenters. The predicted molar refractivity (Wildman–Crippen MR) is 63.7 cm³/mol. The fourth-order valence-corrected chi connectivity index (χ4v) is 1.48. The number of primary amides is 1. The van der Waals surface area contributed by atoms with Crippen molar-refractivity contribution in [2.75, 3.05) is 0 Å². The Morgan fingerprint density at radius 2 is 2.07 bits per heavy atom. The minimum Gasteiger partial charge on any atom is -0.443 e. The Bertz CT molecular complexity index is 219. The SMILES string of the molecule is CC[C@H](C=N)C(C)C(C)(C)OC(N)=O.Cl. The molecule has 0 radical (unpaired) electrons. The first-order chi connectivity index (χ1) is 6.35. The fourth-order valence-electron chi connectivity index (χ4n) is 1.48. The van der Waals surface area contributed by atoms with E-state index in [1.165, 1.54) is 6.21 Å². The molecular formula is C10H21ClN2O2. The van der Waals surface area contributed by atoms with Crippen molar-refractivity contribution in [2.24, 2.45) is 17.6 Å². The predicted octanol–water partition coefficient (Wildman–Crippen LogP) is 2.59. The van der Waals surface area contributed by atoms with Crippen LogP contribution in [0.25, 0.3) is 0 Å². The standard InChI is InChI=1S/C10H20N2O2.ClH/c1-5-8(6-11)7(2)10(3,4)14-9(12)13;/h6-8,11H,5H2,1-4H3,(H2,12,13);1H/t7?,8-;/m1./s1. The Balaban J connectivity index is 0. The van der Waals surface area contributed by atoms with E-state index in [9.17, 15) is 4.79 Å². The van der Waals surface area contributed by atoms with Crippen LogP contribution in [0.5, 0.6) is 0 Å². The third-order valence-electron chi connectivity index (χ3n) is 2.79. The molecule has 0 aromatic heterocycles. The Hall–Kier alpha value is -0.770. The number of carbonyl (C=O) groups is 1. The number of halogens is 1. The summed E-state index contributed by atoms with van der Waals surface area (Å²) in [4.78, 5) is 10.7. The van der Waals surface area contributed by atoms with Crippen LogP contribution < -0.4 is 5.73 Å². The van der Waals surface area contributed by atoms with Gasteiger partial charge in [-0.15, -0.1) is 12.4 Å². The van der Waals surface area contributed by atoms with Crippen molar-refractivity contribution >= 4 is 24.7 Å². The topological polar surface area (TPSA) is 76.2 Å². The second-order valence-corrected chi connectivity index (χ2v) is 4.05.